The third-order valence-corrected chi connectivity index (χ3v) is 4.81. The first kappa shape index (κ1) is 20.4. The molecule has 2 amide bonds. The maximum Gasteiger partial charge on any atom is 0.325 e. The van der Waals surface area contributed by atoms with Gasteiger partial charge in [0.1, 0.15) is 12.3 Å². The predicted octanol–water partition coefficient (Wildman–Crippen LogP) is 2.16. The standard InChI is InChI=1S/C22H24N2O5/c1-28-17-11-9-16(10-12-17)22(27)23-13-21(26)29-14-20(25)24-19-8-4-6-15-5-2-3-7-18(15)19/h2-3,5,7,9-12,19H,4,6,8,13-14H2,1H3,(H,23,27)(H,24,25)/t19-/m1/s1. The molecule has 2 aromatic carbocycles. The molecule has 0 unspecified atom stereocenters. The summed E-state index contributed by atoms with van der Waals surface area (Å²) >= 11 is 0. The Morgan fingerprint density at radius 2 is 1.83 bits per heavy atom. The molecule has 1 atom stereocenters. The summed E-state index contributed by atoms with van der Waals surface area (Å²) in [6.07, 6.45) is 2.86. The van der Waals surface area contributed by atoms with Crippen LogP contribution in [0.1, 0.15) is 40.4 Å². The van der Waals surface area contributed by atoms with Crippen LogP contribution in [-0.4, -0.2) is 38.0 Å². The molecule has 1 aliphatic carbocycles. The molecular formula is C22H24N2O5. The summed E-state index contributed by atoms with van der Waals surface area (Å²) in [4.78, 5) is 36.0. The number of fused-ring (bicyclic) bond motifs is 1. The second-order valence-corrected chi connectivity index (χ2v) is 6.78. The Morgan fingerprint density at radius 1 is 1.07 bits per heavy atom. The highest BCUT2D eigenvalue weighted by Gasteiger charge is 2.21. The van der Waals surface area contributed by atoms with E-state index in [-0.39, 0.29) is 25.1 Å². The van der Waals surface area contributed by atoms with Crippen molar-refractivity contribution in [1.82, 2.24) is 10.6 Å². The van der Waals surface area contributed by atoms with Crippen LogP contribution in [-0.2, 0) is 20.7 Å². The number of ether oxygens (including phenoxy) is 2. The summed E-state index contributed by atoms with van der Waals surface area (Å²) in [6.45, 7) is -0.694. The zero-order valence-electron chi connectivity index (χ0n) is 16.3. The minimum Gasteiger partial charge on any atom is -0.497 e. The van der Waals surface area contributed by atoms with Crippen molar-refractivity contribution in [3.63, 3.8) is 0 Å². The van der Waals surface area contributed by atoms with E-state index in [1.165, 1.54) is 12.7 Å². The number of methoxy groups -OCH3 is 1. The molecule has 7 nitrogen and oxygen atoms in total. The van der Waals surface area contributed by atoms with E-state index in [0.29, 0.717) is 11.3 Å². The number of nitrogens with one attached hydrogen (secondary N) is 2. The molecule has 0 aromatic heterocycles. The summed E-state index contributed by atoms with van der Waals surface area (Å²) in [6, 6.07) is 14.5. The summed E-state index contributed by atoms with van der Waals surface area (Å²) < 4.78 is 10.0. The lowest BCUT2D eigenvalue weighted by molar-refractivity contribution is -0.147. The van der Waals surface area contributed by atoms with E-state index >= 15 is 0 Å². The Morgan fingerprint density at radius 3 is 2.59 bits per heavy atom. The fraction of sp³-hybridized carbons (Fsp3) is 0.318. The predicted molar refractivity (Wildman–Crippen MR) is 107 cm³/mol. The van der Waals surface area contributed by atoms with E-state index in [1.54, 1.807) is 24.3 Å². The topological polar surface area (TPSA) is 93.7 Å². The molecule has 3 rings (SSSR count). The molecule has 0 aliphatic heterocycles. The second-order valence-electron chi connectivity index (χ2n) is 6.78. The van der Waals surface area contributed by atoms with Crippen molar-refractivity contribution in [3.8, 4) is 5.75 Å². The van der Waals surface area contributed by atoms with Gasteiger partial charge in [-0.1, -0.05) is 24.3 Å². The average molecular weight is 396 g/mol. The number of aryl methyl sites for hydroxylation is 1. The van der Waals surface area contributed by atoms with Crippen molar-refractivity contribution in [3.05, 3.63) is 65.2 Å². The van der Waals surface area contributed by atoms with Crippen LogP contribution in [0.4, 0.5) is 0 Å². The highest BCUT2D eigenvalue weighted by Crippen LogP contribution is 2.29. The molecule has 0 saturated carbocycles. The summed E-state index contributed by atoms with van der Waals surface area (Å²) in [5, 5.41) is 5.38. The van der Waals surface area contributed by atoms with Crippen molar-refractivity contribution in [2.45, 2.75) is 25.3 Å². The minimum absolute atomic E-state index is 0.0686. The van der Waals surface area contributed by atoms with Crippen molar-refractivity contribution in [1.29, 1.82) is 0 Å². The van der Waals surface area contributed by atoms with Gasteiger partial charge >= 0.3 is 5.97 Å². The fourth-order valence-corrected chi connectivity index (χ4v) is 3.33. The van der Waals surface area contributed by atoms with E-state index in [4.69, 9.17) is 9.47 Å². The molecule has 29 heavy (non-hydrogen) atoms. The van der Waals surface area contributed by atoms with Gasteiger partial charge in [0, 0.05) is 5.56 Å². The van der Waals surface area contributed by atoms with Crippen LogP contribution in [0.15, 0.2) is 48.5 Å². The van der Waals surface area contributed by atoms with Crippen LogP contribution in [0, 0.1) is 0 Å². The smallest absolute Gasteiger partial charge is 0.325 e. The Kier molecular flexibility index (Phi) is 6.84. The van der Waals surface area contributed by atoms with Crippen LogP contribution in [0.3, 0.4) is 0 Å². The summed E-state index contributed by atoms with van der Waals surface area (Å²) in [7, 11) is 1.54. The van der Waals surface area contributed by atoms with Gasteiger partial charge in [0.15, 0.2) is 6.61 Å². The van der Waals surface area contributed by atoms with Gasteiger partial charge in [0.2, 0.25) is 0 Å². The Balaban J connectivity index is 1.41. The molecule has 0 heterocycles. The van der Waals surface area contributed by atoms with Gasteiger partial charge in [-0.3, -0.25) is 14.4 Å². The Bertz CT molecular complexity index is 879. The van der Waals surface area contributed by atoms with Crippen molar-refractivity contribution < 1.29 is 23.9 Å². The van der Waals surface area contributed by atoms with Gasteiger partial charge in [-0.15, -0.1) is 0 Å². The number of hydrogen-bond acceptors (Lipinski definition) is 5. The van der Waals surface area contributed by atoms with E-state index < -0.39 is 11.9 Å². The molecule has 152 valence electrons. The van der Waals surface area contributed by atoms with Gasteiger partial charge in [-0.05, 0) is 54.7 Å². The average Bonchev–Trinajstić information content (AvgIpc) is 2.76. The molecule has 0 saturated heterocycles. The normalized spacial score (nSPS) is 15.0. The van der Waals surface area contributed by atoms with E-state index in [1.807, 2.05) is 18.2 Å². The van der Waals surface area contributed by atoms with Crippen LogP contribution < -0.4 is 15.4 Å². The number of carbonyl (C=O) groups excluding carboxylic acids is 3. The van der Waals surface area contributed by atoms with Gasteiger partial charge in [0.05, 0.1) is 13.2 Å². The maximum absolute atomic E-state index is 12.2. The van der Waals surface area contributed by atoms with E-state index in [0.717, 1.165) is 24.8 Å². The third-order valence-electron chi connectivity index (χ3n) is 4.81. The molecule has 7 heteroatoms. The first-order valence-corrected chi connectivity index (χ1v) is 9.52. The SMILES string of the molecule is COc1ccc(C(=O)NCC(=O)OCC(=O)N[C@@H]2CCCc3ccccc32)cc1. The van der Waals surface area contributed by atoms with Crippen LogP contribution in [0.2, 0.25) is 0 Å². The number of benzene rings is 2. The minimum atomic E-state index is -0.675. The summed E-state index contributed by atoms with van der Waals surface area (Å²) in [5.74, 6) is -0.812. The van der Waals surface area contributed by atoms with Gasteiger partial charge in [-0.2, -0.15) is 0 Å². The molecule has 2 N–H and O–H groups in total. The lowest BCUT2D eigenvalue weighted by Gasteiger charge is -2.26. The highest BCUT2D eigenvalue weighted by atomic mass is 16.5. The van der Waals surface area contributed by atoms with Crippen LogP contribution >= 0.6 is 0 Å². The summed E-state index contributed by atoms with van der Waals surface area (Å²) in [5.41, 5.74) is 2.75. The van der Waals surface area contributed by atoms with Crippen molar-refractivity contribution >= 4 is 17.8 Å². The van der Waals surface area contributed by atoms with Crippen LogP contribution in [0.25, 0.3) is 0 Å². The molecule has 1 aliphatic rings. The molecule has 0 spiro atoms. The zero-order valence-corrected chi connectivity index (χ0v) is 16.3. The van der Waals surface area contributed by atoms with E-state index in [9.17, 15) is 14.4 Å². The maximum atomic E-state index is 12.2. The highest BCUT2D eigenvalue weighted by molar-refractivity contribution is 5.96. The number of amides is 2. The third kappa shape index (κ3) is 5.57. The largest absolute Gasteiger partial charge is 0.497 e. The monoisotopic (exact) mass is 396 g/mol. The molecule has 0 fully saturated rings. The van der Waals surface area contributed by atoms with Crippen molar-refractivity contribution in [2.75, 3.05) is 20.3 Å². The fourth-order valence-electron chi connectivity index (χ4n) is 3.33. The first-order valence-electron chi connectivity index (χ1n) is 9.52. The first-order chi connectivity index (χ1) is 14.1. The second kappa shape index (κ2) is 9.73. The molecule has 2 aromatic rings. The zero-order chi connectivity index (χ0) is 20.6. The quantitative estimate of drug-likeness (QED) is 0.700. The number of esters is 1. The van der Waals surface area contributed by atoms with Crippen molar-refractivity contribution in [2.24, 2.45) is 0 Å². The molecular weight excluding hydrogens is 372 g/mol. The number of hydrogen-bond donors (Lipinski definition) is 2. The molecule has 0 radical (unpaired) electrons. The number of rotatable bonds is 7. The van der Waals surface area contributed by atoms with Crippen LogP contribution in [0.5, 0.6) is 5.75 Å². The Labute approximate surface area is 169 Å². The van der Waals surface area contributed by atoms with Gasteiger partial charge < -0.3 is 20.1 Å². The lowest BCUT2D eigenvalue weighted by atomic mass is 9.88. The van der Waals surface area contributed by atoms with E-state index in [2.05, 4.69) is 16.7 Å². The Hall–Kier alpha value is -3.35. The van der Waals surface area contributed by atoms with Gasteiger partial charge in [0.25, 0.3) is 11.8 Å². The lowest BCUT2D eigenvalue weighted by Crippen LogP contribution is -2.36. The molecule has 0 bridgehead atoms. The van der Waals surface area contributed by atoms with Gasteiger partial charge in [-0.25, -0.2) is 0 Å². The number of carbonyl (C=O) groups is 3.